The van der Waals surface area contributed by atoms with Gasteiger partial charge in [0.25, 0.3) is 0 Å². The van der Waals surface area contributed by atoms with E-state index in [2.05, 4.69) is 0 Å². The van der Waals surface area contributed by atoms with Crippen molar-refractivity contribution in [3.8, 4) is 11.5 Å². The molecule has 14 heavy (non-hydrogen) atoms. The second kappa shape index (κ2) is 3.65. The van der Waals surface area contributed by atoms with E-state index in [-0.39, 0.29) is 23.3 Å². The number of carbonyl (C=O) groups excluding carboxylic acids is 1. The number of phenols is 1. The summed E-state index contributed by atoms with van der Waals surface area (Å²) in [5.41, 5.74) is -2.13. The van der Waals surface area contributed by atoms with E-state index in [0.29, 0.717) is 0 Å². The zero-order valence-electron chi connectivity index (χ0n) is 7.95. The van der Waals surface area contributed by atoms with Crippen molar-refractivity contribution in [3.05, 3.63) is 23.8 Å². The molecule has 1 N–H and O–H groups in total. The summed E-state index contributed by atoms with van der Waals surface area (Å²) in [6.45, 7) is 1.11. The van der Waals surface area contributed by atoms with Crippen LogP contribution in [-0.4, -0.2) is 18.5 Å². The Morgan fingerprint density at radius 3 is 2.71 bits per heavy atom. The quantitative estimate of drug-likeness (QED) is 0.753. The fourth-order valence-electron chi connectivity index (χ4n) is 1.19. The van der Waals surface area contributed by atoms with Crippen molar-refractivity contribution >= 4 is 6.29 Å². The number of aldehydes is 1. The summed E-state index contributed by atoms with van der Waals surface area (Å²) in [5.74, 6) is -0.194. The first-order valence-electron chi connectivity index (χ1n) is 4.04. The first-order valence-corrected chi connectivity index (χ1v) is 4.04. The van der Waals surface area contributed by atoms with Crippen LogP contribution in [0.4, 0.5) is 4.39 Å². The number of alkyl halides is 1. The lowest BCUT2D eigenvalue weighted by Gasteiger charge is -2.17. The molecule has 0 saturated heterocycles. The van der Waals surface area contributed by atoms with Crippen LogP contribution in [0.25, 0.3) is 0 Å². The zero-order valence-corrected chi connectivity index (χ0v) is 7.95. The van der Waals surface area contributed by atoms with Crippen molar-refractivity contribution in [2.75, 3.05) is 7.11 Å². The maximum Gasteiger partial charge on any atom is 0.191 e. The number of hydrogen-bond acceptors (Lipinski definition) is 3. The molecule has 3 nitrogen and oxygen atoms in total. The van der Waals surface area contributed by atoms with E-state index in [0.717, 1.165) is 6.92 Å². The fourth-order valence-corrected chi connectivity index (χ4v) is 1.19. The molecule has 1 atom stereocenters. The average Bonchev–Trinajstić information content (AvgIpc) is 2.17. The Balaban J connectivity index is 3.34. The molecular formula is C10H11FO3. The molecule has 0 radical (unpaired) electrons. The topological polar surface area (TPSA) is 46.5 Å². The highest BCUT2D eigenvalue weighted by Crippen LogP contribution is 2.37. The van der Waals surface area contributed by atoms with E-state index in [1.807, 2.05) is 0 Å². The predicted molar refractivity (Wildman–Crippen MR) is 49.2 cm³/mol. The molecule has 0 saturated carbocycles. The number of phenolic OH excluding ortho intramolecular Hbond substituents is 1. The molecule has 1 unspecified atom stereocenters. The lowest BCUT2D eigenvalue weighted by atomic mass is 9.98. The van der Waals surface area contributed by atoms with Crippen molar-refractivity contribution in [2.45, 2.75) is 12.6 Å². The zero-order chi connectivity index (χ0) is 10.8. The molecule has 0 aromatic heterocycles. The first kappa shape index (κ1) is 10.5. The molecular weight excluding hydrogens is 187 g/mol. The van der Waals surface area contributed by atoms with Crippen molar-refractivity contribution in [3.63, 3.8) is 0 Å². The SMILES string of the molecule is COc1c(O)cccc1C(C)(F)C=O. The summed E-state index contributed by atoms with van der Waals surface area (Å²) < 4.78 is 18.4. The lowest BCUT2D eigenvalue weighted by Crippen LogP contribution is -2.17. The van der Waals surface area contributed by atoms with Crippen LogP contribution in [0.5, 0.6) is 11.5 Å². The van der Waals surface area contributed by atoms with Gasteiger partial charge in [-0.05, 0) is 13.0 Å². The number of benzene rings is 1. The molecule has 0 aliphatic carbocycles. The van der Waals surface area contributed by atoms with Gasteiger partial charge in [-0.15, -0.1) is 0 Å². The van der Waals surface area contributed by atoms with E-state index < -0.39 is 5.67 Å². The molecule has 1 rings (SSSR count). The largest absolute Gasteiger partial charge is 0.504 e. The molecule has 0 fully saturated rings. The number of aromatic hydroxyl groups is 1. The Labute approximate surface area is 81.1 Å². The van der Waals surface area contributed by atoms with Gasteiger partial charge in [-0.25, -0.2) is 4.39 Å². The van der Waals surface area contributed by atoms with Crippen LogP contribution in [0, 0.1) is 0 Å². The van der Waals surface area contributed by atoms with Crippen LogP contribution in [0.15, 0.2) is 18.2 Å². The van der Waals surface area contributed by atoms with Gasteiger partial charge < -0.3 is 9.84 Å². The average molecular weight is 198 g/mol. The third-order valence-electron chi connectivity index (χ3n) is 1.95. The van der Waals surface area contributed by atoms with Crippen LogP contribution in [0.3, 0.4) is 0 Å². The van der Waals surface area contributed by atoms with Crippen molar-refractivity contribution < 1.29 is 19.0 Å². The van der Waals surface area contributed by atoms with Gasteiger partial charge in [0.15, 0.2) is 23.5 Å². The molecule has 0 heterocycles. The molecule has 4 heteroatoms. The highest BCUT2D eigenvalue weighted by atomic mass is 19.1. The van der Waals surface area contributed by atoms with Gasteiger partial charge in [0, 0.05) is 5.56 Å². The summed E-state index contributed by atoms with van der Waals surface area (Å²) in [7, 11) is 1.30. The molecule has 76 valence electrons. The second-order valence-corrected chi connectivity index (χ2v) is 3.05. The van der Waals surface area contributed by atoms with Crippen LogP contribution < -0.4 is 4.74 Å². The normalized spacial score (nSPS) is 14.5. The van der Waals surface area contributed by atoms with Gasteiger partial charge in [0.2, 0.25) is 0 Å². The summed E-state index contributed by atoms with van der Waals surface area (Å²) in [6.07, 6.45) is 0.171. The van der Waals surface area contributed by atoms with Crippen molar-refractivity contribution in [2.24, 2.45) is 0 Å². The Morgan fingerprint density at radius 2 is 2.21 bits per heavy atom. The first-order chi connectivity index (χ1) is 6.53. The number of methoxy groups -OCH3 is 1. The molecule has 0 spiro atoms. The lowest BCUT2D eigenvalue weighted by molar-refractivity contribution is -0.117. The number of ether oxygens (including phenoxy) is 1. The number of rotatable bonds is 3. The Hall–Kier alpha value is -1.58. The second-order valence-electron chi connectivity index (χ2n) is 3.05. The molecule has 0 amide bonds. The Morgan fingerprint density at radius 1 is 1.57 bits per heavy atom. The van der Waals surface area contributed by atoms with E-state index in [9.17, 15) is 14.3 Å². The van der Waals surface area contributed by atoms with Crippen LogP contribution in [-0.2, 0) is 10.5 Å². The fraction of sp³-hybridized carbons (Fsp3) is 0.300. The summed E-state index contributed by atoms with van der Waals surface area (Å²) >= 11 is 0. The van der Waals surface area contributed by atoms with Crippen molar-refractivity contribution in [1.29, 1.82) is 0 Å². The summed E-state index contributed by atoms with van der Waals surface area (Å²) in [4.78, 5) is 10.5. The standard InChI is InChI=1S/C10H11FO3/c1-10(11,6-12)7-4-3-5-8(13)9(7)14-2/h3-6,13H,1-2H3. The van der Waals surface area contributed by atoms with E-state index in [4.69, 9.17) is 4.74 Å². The van der Waals surface area contributed by atoms with Gasteiger partial charge in [0.05, 0.1) is 7.11 Å². The number of hydrogen-bond donors (Lipinski definition) is 1. The minimum atomic E-state index is -2.15. The maximum atomic E-state index is 13.6. The maximum absolute atomic E-state index is 13.6. The van der Waals surface area contributed by atoms with E-state index in [1.54, 1.807) is 0 Å². The smallest absolute Gasteiger partial charge is 0.191 e. The highest BCUT2D eigenvalue weighted by molar-refractivity contribution is 5.68. The Kier molecular flexibility index (Phi) is 2.74. The van der Waals surface area contributed by atoms with Crippen LogP contribution in [0.1, 0.15) is 12.5 Å². The third-order valence-corrected chi connectivity index (χ3v) is 1.95. The number of carbonyl (C=O) groups is 1. The van der Waals surface area contributed by atoms with E-state index >= 15 is 0 Å². The molecule has 0 bridgehead atoms. The molecule has 1 aromatic carbocycles. The summed E-state index contributed by atoms with van der Waals surface area (Å²) in [6, 6.07) is 4.21. The van der Waals surface area contributed by atoms with Gasteiger partial charge in [-0.1, -0.05) is 12.1 Å². The predicted octanol–water partition coefficient (Wildman–Crippen LogP) is 1.78. The van der Waals surface area contributed by atoms with E-state index in [1.165, 1.54) is 25.3 Å². The van der Waals surface area contributed by atoms with Gasteiger partial charge in [0.1, 0.15) is 0 Å². The molecule has 1 aromatic rings. The van der Waals surface area contributed by atoms with Gasteiger partial charge >= 0.3 is 0 Å². The highest BCUT2D eigenvalue weighted by Gasteiger charge is 2.29. The van der Waals surface area contributed by atoms with Crippen molar-refractivity contribution in [1.82, 2.24) is 0 Å². The minimum absolute atomic E-state index is 0.00963. The minimum Gasteiger partial charge on any atom is -0.504 e. The summed E-state index contributed by atoms with van der Waals surface area (Å²) in [5, 5.41) is 9.34. The third kappa shape index (κ3) is 1.69. The Bertz CT molecular complexity index is 347. The van der Waals surface area contributed by atoms with Gasteiger partial charge in [-0.2, -0.15) is 0 Å². The molecule has 0 aliphatic rings. The monoisotopic (exact) mass is 198 g/mol. The van der Waals surface area contributed by atoms with Crippen LogP contribution >= 0.6 is 0 Å². The number of halogens is 1. The van der Waals surface area contributed by atoms with Gasteiger partial charge in [-0.3, -0.25) is 4.79 Å². The molecule has 0 aliphatic heterocycles. The number of para-hydroxylation sites is 1. The van der Waals surface area contributed by atoms with Crippen LogP contribution in [0.2, 0.25) is 0 Å².